The van der Waals surface area contributed by atoms with Crippen LogP contribution in [0, 0.1) is 0 Å². The Kier molecular flexibility index (Phi) is 5.93. The number of hydrogen-bond donors (Lipinski definition) is 0. The summed E-state index contributed by atoms with van der Waals surface area (Å²) in [5, 5.41) is 0.426. The van der Waals surface area contributed by atoms with Gasteiger partial charge in [-0.2, -0.15) is 0 Å². The van der Waals surface area contributed by atoms with Crippen LogP contribution in [0.5, 0.6) is 11.5 Å². The van der Waals surface area contributed by atoms with Gasteiger partial charge >= 0.3 is 0 Å². The molecule has 0 aliphatic carbocycles. The van der Waals surface area contributed by atoms with E-state index in [-0.39, 0.29) is 19.2 Å². The molecule has 1 fully saturated rings. The minimum Gasteiger partial charge on any atom is -0.495 e. The van der Waals surface area contributed by atoms with Gasteiger partial charge in [-0.15, -0.1) is 0 Å². The Labute approximate surface area is 199 Å². The lowest BCUT2D eigenvalue weighted by molar-refractivity contribution is -0.119. The molecule has 1 atom stereocenters. The van der Waals surface area contributed by atoms with E-state index in [1.165, 1.54) is 16.2 Å². The maximum Gasteiger partial charge on any atom is 0.262 e. The third-order valence-corrected chi connectivity index (χ3v) is 7.11. The number of ether oxygens (including phenoxy) is 3. The van der Waals surface area contributed by atoms with Crippen LogP contribution in [0.15, 0.2) is 36.4 Å². The fraction of sp³-hybridized carbons (Fsp3) is 0.333. The second kappa shape index (κ2) is 9.03. The first-order valence-corrected chi connectivity index (χ1v) is 11.7. The summed E-state index contributed by atoms with van der Waals surface area (Å²) < 4.78 is 17.4. The minimum atomic E-state index is -0.473. The van der Waals surface area contributed by atoms with Crippen LogP contribution in [0.4, 0.5) is 5.13 Å². The number of fused-ring (bicyclic) bond motifs is 2. The highest BCUT2D eigenvalue weighted by Gasteiger charge is 2.38. The number of nitrogens with zero attached hydrogens (tertiary/aromatic N) is 3. The quantitative estimate of drug-likeness (QED) is 0.478. The zero-order chi connectivity index (χ0) is 23.8. The number of amides is 3. The summed E-state index contributed by atoms with van der Waals surface area (Å²) in [6.07, 6.45) is 1.57. The highest BCUT2D eigenvalue weighted by molar-refractivity contribution is 7.22. The summed E-state index contributed by atoms with van der Waals surface area (Å²) in [6, 6.07) is 10.1. The van der Waals surface area contributed by atoms with Crippen LogP contribution < -0.4 is 14.4 Å². The number of methoxy groups -OCH3 is 2. The molecule has 1 unspecified atom stereocenters. The van der Waals surface area contributed by atoms with Crippen molar-refractivity contribution in [3.8, 4) is 11.5 Å². The van der Waals surface area contributed by atoms with Gasteiger partial charge in [-0.05, 0) is 37.1 Å². The van der Waals surface area contributed by atoms with Crippen molar-refractivity contribution in [1.29, 1.82) is 0 Å². The van der Waals surface area contributed by atoms with Crippen molar-refractivity contribution in [2.75, 3.05) is 38.8 Å². The Hall–Kier alpha value is -3.50. The monoisotopic (exact) mass is 481 g/mol. The Morgan fingerprint density at radius 3 is 2.41 bits per heavy atom. The van der Waals surface area contributed by atoms with Crippen molar-refractivity contribution in [3.05, 3.63) is 47.5 Å². The van der Waals surface area contributed by atoms with Gasteiger partial charge < -0.3 is 14.2 Å². The smallest absolute Gasteiger partial charge is 0.262 e. The Balaban J connectivity index is 1.49. The largest absolute Gasteiger partial charge is 0.495 e. The van der Waals surface area contributed by atoms with Gasteiger partial charge in [0.25, 0.3) is 11.8 Å². The molecule has 1 aromatic heterocycles. The fourth-order valence-electron chi connectivity index (χ4n) is 4.27. The van der Waals surface area contributed by atoms with Crippen LogP contribution in [-0.4, -0.2) is 67.6 Å². The summed E-state index contributed by atoms with van der Waals surface area (Å²) in [5.74, 6) is -0.188. The van der Waals surface area contributed by atoms with E-state index in [9.17, 15) is 14.4 Å². The summed E-state index contributed by atoms with van der Waals surface area (Å²) in [6.45, 7) is 0.516. The molecular formula is C24H23N3O6S. The molecule has 34 heavy (non-hydrogen) atoms. The van der Waals surface area contributed by atoms with Gasteiger partial charge in [0.05, 0.1) is 38.0 Å². The number of carbonyl (C=O) groups is 3. The van der Waals surface area contributed by atoms with Crippen molar-refractivity contribution >= 4 is 44.4 Å². The van der Waals surface area contributed by atoms with E-state index in [4.69, 9.17) is 14.2 Å². The van der Waals surface area contributed by atoms with E-state index in [1.807, 2.05) is 0 Å². The van der Waals surface area contributed by atoms with Gasteiger partial charge in [0.2, 0.25) is 5.91 Å². The number of imide groups is 1. The van der Waals surface area contributed by atoms with Crippen LogP contribution >= 0.6 is 11.3 Å². The van der Waals surface area contributed by atoms with Crippen molar-refractivity contribution in [1.82, 2.24) is 9.88 Å². The molecule has 3 heterocycles. The molecule has 3 aromatic rings. The first-order chi connectivity index (χ1) is 16.5. The number of anilines is 1. The van der Waals surface area contributed by atoms with Gasteiger partial charge in [0.15, 0.2) is 5.13 Å². The van der Waals surface area contributed by atoms with Gasteiger partial charge in [-0.3, -0.25) is 24.2 Å². The zero-order valence-electron chi connectivity index (χ0n) is 18.8. The molecule has 0 spiro atoms. The molecule has 1 saturated heterocycles. The first kappa shape index (κ1) is 22.3. The second-order valence-corrected chi connectivity index (χ2v) is 9.00. The molecule has 176 valence electrons. The zero-order valence-corrected chi connectivity index (χ0v) is 19.6. The number of hydrogen-bond acceptors (Lipinski definition) is 8. The summed E-state index contributed by atoms with van der Waals surface area (Å²) >= 11 is 1.29. The van der Waals surface area contributed by atoms with Crippen LogP contribution in [0.3, 0.4) is 0 Å². The fourth-order valence-corrected chi connectivity index (χ4v) is 5.37. The predicted molar refractivity (Wildman–Crippen MR) is 126 cm³/mol. The highest BCUT2D eigenvalue weighted by atomic mass is 32.1. The SMILES string of the molecule is COc1ccc(OC)c2sc(N(CC3CCCO3)C(=O)CN3C(=O)c4ccccc4C3=O)nc12. The van der Waals surface area contributed by atoms with E-state index in [0.29, 0.717) is 39.9 Å². The van der Waals surface area contributed by atoms with Crippen molar-refractivity contribution in [3.63, 3.8) is 0 Å². The molecule has 2 aliphatic heterocycles. The van der Waals surface area contributed by atoms with Crippen molar-refractivity contribution < 1.29 is 28.6 Å². The average Bonchev–Trinajstić information content (AvgIpc) is 3.58. The third kappa shape index (κ3) is 3.78. The molecule has 2 aromatic carbocycles. The number of thiazole rings is 1. The lowest BCUT2D eigenvalue weighted by Gasteiger charge is -2.25. The normalized spacial score (nSPS) is 17.4. The number of rotatable bonds is 7. The van der Waals surface area contributed by atoms with Gasteiger partial charge in [-0.25, -0.2) is 4.98 Å². The van der Waals surface area contributed by atoms with Crippen LogP contribution in [0.25, 0.3) is 10.2 Å². The predicted octanol–water partition coefficient (Wildman–Crippen LogP) is 3.12. The molecule has 3 amide bonds. The molecular weight excluding hydrogens is 458 g/mol. The van der Waals surface area contributed by atoms with Crippen molar-refractivity contribution in [2.45, 2.75) is 18.9 Å². The topological polar surface area (TPSA) is 98.3 Å². The van der Waals surface area contributed by atoms with Gasteiger partial charge in [-0.1, -0.05) is 23.5 Å². The second-order valence-electron chi connectivity index (χ2n) is 8.03. The molecule has 2 aliphatic rings. The molecule has 9 nitrogen and oxygen atoms in total. The lowest BCUT2D eigenvalue weighted by atomic mass is 10.1. The maximum absolute atomic E-state index is 13.5. The van der Waals surface area contributed by atoms with Crippen LogP contribution in [0.2, 0.25) is 0 Å². The van der Waals surface area contributed by atoms with E-state index < -0.39 is 17.7 Å². The Morgan fingerprint density at radius 1 is 1.12 bits per heavy atom. The lowest BCUT2D eigenvalue weighted by Crippen LogP contribution is -2.45. The van der Waals surface area contributed by atoms with Gasteiger partial charge in [0.1, 0.15) is 28.3 Å². The minimum absolute atomic E-state index is 0.151. The van der Waals surface area contributed by atoms with Crippen LogP contribution in [-0.2, 0) is 9.53 Å². The van der Waals surface area contributed by atoms with Crippen LogP contribution in [0.1, 0.15) is 33.6 Å². The molecule has 5 rings (SSSR count). The number of benzene rings is 2. The Bertz CT molecular complexity index is 1210. The molecule has 0 N–H and O–H groups in total. The van der Waals surface area contributed by atoms with Gasteiger partial charge in [0, 0.05) is 6.61 Å². The average molecular weight is 482 g/mol. The van der Waals surface area contributed by atoms with Crippen molar-refractivity contribution in [2.24, 2.45) is 0 Å². The third-order valence-electron chi connectivity index (χ3n) is 6.01. The summed E-state index contributed by atoms with van der Waals surface area (Å²) in [5.41, 5.74) is 1.19. The van der Waals surface area contributed by atoms with E-state index in [2.05, 4.69) is 4.98 Å². The Morgan fingerprint density at radius 2 is 1.79 bits per heavy atom. The standard InChI is InChI=1S/C24H23N3O6S/c1-31-17-9-10-18(32-2)21-20(17)25-24(34-21)26(12-14-6-5-11-33-14)19(28)13-27-22(29)15-7-3-4-8-16(15)23(27)30/h3-4,7-10,14H,5-6,11-13H2,1-2H3. The summed E-state index contributed by atoms with van der Waals surface area (Å²) in [7, 11) is 3.12. The molecule has 0 bridgehead atoms. The van der Waals surface area contributed by atoms with E-state index in [0.717, 1.165) is 22.4 Å². The molecule has 0 saturated carbocycles. The maximum atomic E-state index is 13.5. The first-order valence-electron chi connectivity index (χ1n) is 10.9. The van der Waals surface area contributed by atoms with E-state index in [1.54, 1.807) is 50.6 Å². The van der Waals surface area contributed by atoms with E-state index >= 15 is 0 Å². The molecule has 0 radical (unpaired) electrons. The number of carbonyl (C=O) groups excluding carboxylic acids is 3. The highest BCUT2D eigenvalue weighted by Crippen LogP contribution is 2.40. The molecule has 10 heteroatoms. The summed E-state index contributed by atoms with van der Waals surface area (Å²) in [4.78, 5) is 46.4. The number of aromatic nitrogens is 1.